The molecule has 0 aliphatic heterocycles. The summed E-state index contributed by atoms with van der Waals surface area (Å²) < 4.78 is 1.99. The van der Waals surface area contributed by atoms with Crippen molar-refractivity contribution in [3.8, 4) is 5.69 Å². The van der Waals surface area contributed by atoms with Crippen LogP contribution in [0.3, 0.4) is 0 Å². The molecule has 6 nitrogen and oxygen atoms in total. The van der Waals surface area contributed by atoms with Crippen molar-refractivity contribution in [1.29, 1.82) is 0 Å². The molecule has 140 valence electrons. The number of guanidine groups is 1. The third-order valence-electron chi connectivity index (χ3n) is 4.33. The first-order chi connectivity index (χ1) is 13.2. The molecule has 0 saturated heterocycles. The number of aromatic nitrogens is 3. The number of nitrogens with zero attached hydrogens (tertiary/aromatic N) is 4. The van der Waals surface area contributed by atoms with Crippen molar-refractivity contribution in [2.45, 2.75) is 26.8 Å². The van der Waals surface area contributed by atoms with Gasteiger partial charge in [-0.25, -0.2) is 4.68 Å². The first-order valence-electron chi connectivity index (χ1n) is 9.12. The Morgan fingerprint density at radius 2 is 1.96 bits per heavy atom. The molecular formula is C21H26N6. The molecule has 0 saturated carbocycles. The molecule has 2 N–H and O–H groups in total. The highest BCUT2D eigenvalue weighted by Crippen LogP contribution is 2.16. The van der Waals surface area contributed by atoms with E-state index in [4.69, 9.17) is 0 Å². The summed E-state index contributed by atoms with van der Waals surface area (Å²) in [5.74, 6) is 0.780. The third-order valence-corrected chi connectivity index (χ3v) is 4.33. The molecule has 3 rings (SSSR count). The summed E-state index contributed by atoms with van der Waals surface area (Å²) in [6.07, 6.45) is 4.58. The van der Waals surface area contributed by atoms with Crippen molar-refractivity contribution in [1.82, 2.24) is 25.4 Å². The second-order valence-corrected chi connectivity index (χ2v) is 6.43. The molecule has 2 aromatic heterocycles. The predicted molar refractivity (Wildman–Crippen MR) is 109 cm³/mol. The lowest BCUT2D eigenvalue weighted by atomic mass is 10.1. The molecule has 0 bridgehead atoms. The summed E-state index contributed by atoms with van der Waals surface area (Å²) in [6, 6.07) is 14.4. The molecule has 6 heteroatoms. The molecule has 0 atom stereocenters. The van der Waals surface area contributed by atoms with Gasteiger partial charge in [0.05, 0.1) is 11.4 Å². The van der Waals surface area contributed by atoms with Gasteiger partial charge in [-0.05, 0) is 49.6 Å². The van der Waals surface area contributed by atoms with Gasteiger partial charge in [-0.1, -0.05) is 24.3 Å². The summed E-state index contributed by atoms with van der Waals surface area (Å²) in [5.41, 5.74) is 5.60. The fourth-order valence-corrected chi connectivity index (χ4v) is 3.01. The van der Waals surface area contributed by atoms with Crippen LogP contribution in [0.2, 0.25) is 0 Å². The number of rotatable bonds is 6. The van der Waals surface area contributed by atoms with Crippen LogP contribution in [-0.4, -0.2) is 34.3 Å². The SMILES string of the molecule is CN=C(NCCc1cccnc1)NCc1ccccc1-n1nc(C)cc1C. The van der Waals surface area contributed by atoms with Crippen molar-refractivity contribution >= 4 is 5.96 Å². The normalized spacial score (nSPS) is 11.4. The van der Waals surface area contributed by atoms with Gasteiger partial charge in [0.2, 0.25) is 0 Å². The van der Waals surface area contributed by atoms with E-state index in [1.807, 2.05) is 36.0 Å². The summed E-state index contributed by atoms with van der Waals surface area (Å²) in [6.45, 7) is 5.55. The standard InChI is InChI=1S/C21H26N6/c1-16-13-17(2)27(26-16)20-9-5-4-8-19(20)15-25-21(22-3)24-12-10-18-7-6-11-23-14-18/h4-9,11,13-14H,10,12,15H2,1-3H3,(H2,22,24,25). The number of para-hydroxylation sites is 1. The smallest absolute Gasteiger partial charge is 0.191 e. The minimum atomic E-state index is 0.668. The van der Waals surface area contributed by atoms with Crippen molar-refractivity contribution in [2.24, 2.45) is 4.99 Å². The van der Waals surface area contributed by atoms with Gasteiger partial charge >= 0.3 is 0 Å². The van der Waals surface area contributed by atoms with Crippen molar-refractivity contribution in [2.75, 3.05) is 13.6 Å². The van der Waals surface area contributed by atoms with Crippen LogP contribution in [0.5, 0.6) is 0 Å². The summed E-state index contributed by atoms with van der Waals surface area (Å²) >= 11 is 0. The van der Waals surface area contributed by atoms with Gasteiger partial charge in [0.25, 0.3) is 0 Å². The van der Waals surface area contributed by atoms with Crippen LogP contribution in [0.25, 0.3) is 5.69 Å². The Labute approximate surface area is 160 Å². The Morgan fingerprint density at radius 3 is 2.67 bits per heavy atom. The highest BCUT2D eigenvalue weighted by atomic mass is 15.3. The maximum Gasteiger partial charge on any atom is 0.191 e. The molecule has 3 aromatic rings. The Bertz CT molecular complexity index is 898. The molecule has 0 amide bonds. The maximum atomic E-state index is 4.61. The van der Waals surface area contributed by atoms with Gasteiger partial charge in [-0.2, -0.15) is 5.10 Å². The van der Waals surface area contributed by atoms with E-state index in [2.05, 4.69) is 56.9 Å². The zero-order valence-corrected chi connectivity index (χ0v) is 16.1. The van der Waals surface area contributed by atoms with Crippen LogP contribution < -0.4 is 10.6 Å². The van der Waals surface area contributed by atoms with E-state index in [0.29, 0.717) is 6.54 Å². The first kappa shape index (κ1) is 18.6. The molecule has 0 aliphatic carbocycles. The Balaban J connectivity index is 1.61. The van der Waals surface area contributed by atoms with Crippen molar-refractivity contribution < 1.29 is 0 Å². The molecule has 0 unspecified atom stereocenters. The van der Waals surface area contributed by atoms with E-state index in [1.165, 1.54) is 11.1 Å². The van der Waals surface area contributed by atoms with Crippen molar-refractivity contribution in [3.05, 3.63) is 77.4 Å². The van der Waals surface area contributed by atoms with Gasteiger partial charge in [0, 0.05) is 38.2 Å². The zero-order chi connectivity index (χ0) is 19.1. The van der Waals surface area contributed by atoms with E-state index < -0.39 is 0 Å². The average Bonchev–Trinajstić information content (AvgIpc) is 3.03. The average molecular weight is 362 g/mol. The highest BCUT2D eigenvalue weighted by molar-refractivity contribution is 5.79. The number of aliphatic imine (C=N–C) groups is 1. The molecule has 27 heavy (non-hydrogen) atoms. The van der Waals surface area contributed by atoms with Crippen LogP contribution >= 0.6 is 0 Å². The fraction of sp³-hybridized carbons (Fsp3) is 0.286. The molecule has 0 radical (unpaired) electrons. The van der Waals surface area contributed by atoms with Crippen LogP contribution in [0.1, 0.15) is 22.5 Å². The van der Waals surface area contributed by atoms with Gasteiger partial charge < -0.3 is 10.6 Å². The molecule has 0 fully saturated rings. The van der Waals surface area contributed by atoms with Crippen LogP contribution in [0.4, 0.5) is 0 Å². The van der Waals surface area contributed by atoms with E-state index in [1.54, 1.807) is 13.2 Å². The summed E-state index contributed by atoms with van der Waals surface area (Å²) in [7, 11) is 1.78. The second kappa shape index (κ2) is 8.98. The van der Waals surface area contributed by atoms with Crippen LogP contribution in [0, 0.1) is 13.8 Å². The lowest BCUT2D eigenvalue weighted by Crippen LogP contribution is -2.38. The van der Waals surface area contributed by atoms with E-state index in [-0.39, 0.29) is 0 Å². The van der Waals surface area contributed by atoms with Crippen LogP contribution in [0.15, 0.2) is 59.9 Å². The van der Waals surface area contributed by atoms with Gasteiger partial charge in [-0.15, -0.1) is 0 Å². The summed E-state index contributed by atoms with van der Waals surface area (Å²) in [5, 5.41) is 11.4. The monoisotopic (exact) mass is 362 g/mol. The molecule has 0 spiro atoms. The van der Waals surface area contributed by atoms with Gasteiger partial charge in [0.1, 0.15) is 0 Å². The number of aryl methyl sites for hydroxylation is 2. The Hall–Kier alpha value is -3.15. The minimum absolute atomic E-state index is 0.668. The highest BCUT2D eigenvalue weighted by Gasteiger charge is 2.09. The maximum absolute atomic E-state index is 4.61. The molecule has 2 heterocycles. The largest absolute Gasteiger partial charge is 0.356 e. The molecular weight excluding hydrogens is 336 g/mol. The van der Waals surface area contributed by atoms with Crippen molar-refractivity contribution in [3.63, 3.8) is 0 Å². The zero-order valence-electron chi connectivity index (χ0n) is 16.1. The second-order valence-electron chi connectivity index (χ2n) is 6.43. The quantitative estimate of drug-likeness (QED) is 0.523. The Morgan fingerprint density at radius 1 is 1.11 bits per heavy atom. The lowest BCUT2D eigenvalue weighted by Gasteiger charge is -2.15. The predicted octanol–water partition coefficient (Wildman–Crippen LogP) is 2.79. The minimum Gasteiger partial charge on any atom is -0.356 e. The third kappa shape index (κ3) is 4.94. The number of hydrogen-bond acceptors (Lipinski definition) is 3. The topological polar surface area (TPSA) is 67.1 Å². The molecule has 0 aliphatic rings. The first-order valence-corrected chi connectivity index (χ1v) is 9.12. The number of benzene rings is 1. The Kier molecular flexibility index (Phi) is 6.20. The van der Waals surface area contributed by atoms with E-state index in [9.17, 15) is 0 Å². The summed E-state index contributed by atoms with van der Waals surface area (Å²) in [4.78, 5) is 8.46. The van der Waals surface area contributed by atoms with Gasteiger partial charge in [-0.3, -0.25) is 9.98 Å². The lowest BCUT2D eigenvalue weighted by molar-refractivity contribution is 0.774. The molecule has 1 aromatic carbocycles. The van der Waals surface area contributed by atoms with Gasteiger partial charge in [0.15, 0.2) is 5.96 Å². The van der Waals surface area contributed by atoms with E-state index in [0.717, 1.165) is 36.0 Å². The van der Waals surface area contributed by atoms with Crippen LogP contribution in [-0.2, 0) is 13.0 Å². The number of nitrogens with one attached hydrogen (secondary N) is 2. The fourth-order valence-electron chi connectivity index (χ4n) is 3.01. The number of hydrogen-bond donors (Lipinski definition) is 2. The number of pyridine rings is 1. The van der Waals surface area contributed by atoms with E-state index >= 15 is 0 Å².